The first-order valence-electron chi connectivity index (χ1n) is 5.27. The zero-order valence-electron chi connectivity index (χ0n) is 8.85. The van der Waals surface area contributed by atoms with Crippen molar-refractivity contribution in [3.8, 4) is 0 Å². The molecule has 2 aliphatic rings. The molecule has 15 heavy (non-hydrogen) atoms. The fraction of sp³-hybridized carbons (Fsp3) is 0.545. The lowest BCUT2D eigenvalue weighted by Crippen LogP contribution is -2.29. The Hall–Kier alpha value is -1.29. The molecule has 2 N–H and O–H groups in total. The Morgan fingerprint density at radius 1 is 1.60 bits per heavy atom. The molecule has 0 spiro atoms. The summed E-state index contributed by atoms with van der Waals surface area (Å²) in [6.45, 7) is 2.06. The van der Waals surface area contributed by atoms with Gasteiger partial charge in [-0.2, -0.15) is 0 Å². The highest BCUT2D eigenvalue weighted by atomic mass is 16.5. The van der Waals surface area contributed by atoms with Crippen LogP contribution in [0.25, 0.3) is 0 Å². The van der Waals surface area contributed by atoms with Gasteiger partial charge in [0.1, 0.15) is 6.23 Å². The highest BCUT2D eigenvalue weighted by molar-refractivity contribution is 5.92. The van der Waals surface area contributed by atoms with E-state index in [0.29, 0.717) is 18.1 Å². The number of primary amides is 1. The maximum absolute atomic E-state index is 11.0. The van der Waals surface area contributed by atoms with Gasteiger partial charge >= 0.3 is 0 Å². The molecule has 1 fully saturated rings. The van der Waals surface area contributed by atoms with Crippen LogP contribution in [0.15, 0.2) is 24.0 Å². The van der Waals surface area contributed by atoms with Crippen LogP contribution in [-0.4, -0.2) is 23.1 Å². The first-order chi connectivity index (χ1) is 7.16. The Bertz CT molecular complexity index is 323. The fourth-order valence-corrected chi connectivity index (χ4v) is 1.92. The number of allylic oxidation sites excluding steroid dienone is 1. The van der Waals surface area contributed by atoms with Crippen molar-refractivity contribution in [2.45, 2.75) is 38.5 Å². The highest BCUT2D eigenvalue weighted by Gasteiger charge is 2.26. The molecule has 0 aromatic carbocycles. The van der Waals surface area contributed by atoms with E-state index in [4.69, 9.17) is 10.5 Å². The molecule has 0 radical (unpaired) electrons. The van der Waals surface area contributed by atoms with Crippen LogP contribution in [0.3, 0.4) is 0 Å². The fourth-order valence-electron chi connectivity index (χ4n) is 1.92. The van der Waals surface area contributed by atoms with Gasteiger partial charge in [0.25, 0.3) is 0 Å². The summed E-state index contributed by atoms with van der Waals surface area (Å²) in [6.07, 6.45) is 8.73. The number of nitrogens with two attached hydrogens (primary N) is 1. The molecule has 0 aliphatic carbocycles. The van der Waals surface area contributed by atoms with Crippen LogP contribution < -0.4 is 5.73 Å². The van der Waals surface area contributed by atoms with Crippen LogP contribution in [0.2, 0.25) is 0 Å². The van der Waals surface area contributed by atoms with E-state index in [1.807, 2.05) is 17.2 Å². The smallest absolute Gasteiger partial charge is 0.246 e. The Balaban J connectivity index is 2.06. The summed E-state index contributed by atoms with van der Waals surface area (Å²) < 4.78 is 5.71. The third-order valence-corrected chi connectivity index (χ3v) is 2.78. The second kappa shape index (κ2) is 4.06. The largest absolute Gasteiger partial charge is 0.366 e. The predicted molar refractivity (Wildman–Crippen MR) is 56.4 cm³/mol. The van der Waals surface area contributed by atoms with Gasteiger partial charge < -0.3 is 15.4 Å². The molecule has 2 rings (SSSR count). The zero-order valence-corrected chi connectivity index (χ0v) is 8.85. The van der Waals surface area contributed by atoms with Crippen LogP contribution >= 0.6 is 0 Å². The quantitative estimate of drug-likeness (QED) is 0.739. The lowest BCUT2D eigenvalue weighted by atomic mass is 10.1. The van der Waals surface area contributed by atoms with Crippen molar-refractivity contribution < 1.29 is 9.53 Å². The molecule has 0 aromatic heterocycles. The number of ether oxygens (including phenoxy) is 1. The summed E-state index contributed by atoms with van der Waals surface area (Å²) in [5.74, 6) is -0.351. The molecule has 4 heteroatoms. The van der Waals surface area contributed by atoms with Gasteiger partial charge in [0, 0.05) is 18.0 Å². The SMILES string of the molecule is CC1CCC(N2C=CCC(C(N)=O)=C2)O1. The average Bonchev–Trinajstić information content (AvgIpc) is 2.65. The Labute approximate surface area is 89.4 Å². The van der Waals surface area contributed by atoms with E-state index in [9.17, 15) is 4.79 Å². The second-order valence-corrected chi connectivity index (χ2v) is 4.03. The van der Waals surface area contributed by atoms with Crippen LogP contribution in [0.1, 0.15) is 26.2 Å². The molecule has 2 unspecified atom stereocenters. The molecule has 0 aromatic rings. The van der Waals surface area contributed by atoms with E-state index >= 15 is 0 Å². The maximum atomic E-state index is 11.0. The molecule has 2 aliphatic heterocycles. The summed E-state index contributed by atoms with van der Waals surface area (Å²) in [7, 11) is 0. The minimum absolute atomic E-state index is 0.0610. The zero-order chi connectivity index (χ0) is 10.8. The van der Waals surface area contributed by atoms with Gasteiger partial charge in [-0.05, 0) is 26.2 Å². The summed E-state index contributed by atoms with van der Waals surface area (Å²) in [5.41, 5.74) is 5.89. The molecular weight excluding hydrogens is 192 g/mol. The lowest BCUT2D eigenvalue weighted by Gasteiger charge is -2.26. The van der Waals surface area contributed by atoms with Gasteiger partial charge in [0.2, 0.25) is 5.91 Å². The van der Waals surface area contributed by atoms with Gasteiger partial charge in [-0.15, -0.1) is 0 Å². The van der Waals surface area contributed by atoms with Crippen LogP contribution in [0.4, 0.5) is 0 Å². The van der Waals surface area contributed by atoms with E-state index < -0.39 is 0 Å². The van der Waals surface area contributed by atoms with Crippen molar-refractivity contribution in [2.24, 2.45) is 5.73 Å². The maximum Gasteiger partial charge on any atom is 0.246 e. The van der Waals surface area contributed by atoms with Gasteiger partial charge in [0.15, 0.2) is 0 Å². The number of hydrogen-bond acceptors (Lipinski definition) is 3. The lowest BCUT2D eigenvalue weighted by molar-refractivity contribution is -0.114. The van der Waals surface area contributed by atoms with Gasteiger partial charge in [0.05, 0.1) is 6.10 Å². The second-order valence-electron chi connectivity index (χ2n) is 4.03. The molecule has 2 heterocycles. The molecule has 0 bridgehead atoms. The van der Waals surface area contributed by atoms with Gasteiger partial charge in [-0.3, -0.25) is 4.79 Å². The van der Waals surface area contributed by atoms with E-state index in [0.717, 1.165) is 12.8 Å². The Kier molecular flexibility index (Phi) is 2.77. The van der Waals surface area contributed by atoms with E-state index in [-0.39, 0.29) is 12.1 Å². The number of hydrogen-bond donors (Lipinski definition) is 1. The summed E-state index contributed by atoms with van der Waals surface area (Å²) in [5, 5.41) is 0. The third kappa shape index (κ3) is 2.21. The minimum Gasteiger partial charge on any atom is -0.366 e. The van der Waals surface area contributed by atoms with Crippen LogP contribution in [0, 0.1) is 0 Å². The average molecular weight is 208 g/mol. The first-order valence-corrected chi connectivity index (χ1v) is 5.27. The number of rotatable bonds is 2. The summed E-state index contributed by atoms with van der Waals surface area (Å²) in [4.78, 5) is 13.0. The number of nitrogens with zero attached hydrogens (tertiary/aromatic N) is 1. The molecule has 0 saturated carbocycles. The standard InChI is InChI=1S/C11H16N2O2/c1-8-4-5-10(15-8)13-6-2-3-9(7-13)11(12)14/h2,6-8,10H,3-5H2,1H3,(H2,12,14). The van der Waals surface area contributed by atoms with Crippen molar-refractivity contribution in [2.75, 3.05) is 0 Å². The Morgan fingerprint density at radius 3 is 3.00 bits per heavy atom. The molecule has 2 atom stereocenters. The monoisotopic (exact) mass is 208 g/mol. The van der Waals surface area contributed by atoms with E-state index in [2.05, 4.69) is 6.92 Å². The van der Waals surface area contributed by atoms with Crippen LogP contribution in [-0.2, 0) is 9.53 Å². The topological polar surface area (TPSA) is 55.6 Å². The summed E-state index contributed by atoms with van der Waals surface area (Å²) in [6, 6.07) is 0. The number of carbonyl (C=O) groups is 1. The molecule has 4 nitrogen and oxygen atoms in total. The minimum atomic E-state index is -0.351. The first kappa shape index (κ1) is 10.2. The molecule has 1 saturated heterocycles. The van der Waals surface area contributed by atoms with Crippen molar-refractivity contribution in [1.29, 1.82) is 0 Å². The van der Waals surface area contributed by atoms with Crippen molar-refractivity contribution >= 4 is 5.91 Å². The number of amides is 1. The summed E-state index contributed by atoms with van der Waals surface area (Å²) >= 11 is 0. The molecule has 1 amide bonds. The third-order valence-electron chi connectivity index (χ3n) is 2.78. The Morgan fingerprint density at radius 2 is 2.40 bits per heavy atom. The normalized spacial score (nSPS) is 30.5. The predicted octanol–water partition coefficient (Wildman–Crippen LogP) is 1.10. The van der Waals surface area contributed by atoms with Crippen LogP contribution in [0.5, 0.6) is 0 Å². The van der Waals surface area contributed by atoms with Crippen molar-refractivity contribution in [3.63, 3.8) is 0 Å². The van der Waals surface area contributed by atoms with E-state index in [1.165, 1.54) is 0 Å². The van der Waals surface area contributed by atoms with Gasteiger partial charge in [-0.1, -0.05) is 6.08 Å². The van der Waals surface area contributed by atoms with Crippen molar-refractivity contribution in [3.05, 3.63) is 24.0 Å². The molecular formula is C11H16N2O2. The molecule has 82 valence electrons. The highest BCUT2D eigenvalue weighted by Crippen LogP contribution is 2.25. The van der Waals surface area contributed by atoms with Gasteiger partial charge in [-0.25, -0.2) is 0 Å². The number of carbonyl (C=O) groups excluding carboxylic acids is 1. The van der Waals surface area contributed by atoms with E-state index in [1.54, 1.807) is 6.20 Å². The van der Waals surface area contributed by atoms with Crippen molar-refractivity contribution in [1.82, 2.24) is 4.90 Å².